The van der Waals surface area contributed by atoms with Gasteiger partial charge in [0.1, 0.15) is 0 Å². The van der Waals surface area contributed by atoms with Crippen molar-refractivity contribution in [3.05, 3.63) is 0 Å². The van der Waals surface area contributed by atoms with Crippen LogP contribution in [0.15, 0.2) is 0 Å². The summed E-state index contributed by atoms with van der Waals surface area (Å²) < 4.78 is 0. The second kappa shape index (κ2) is 5.40. The van der Waals surface area contributed by atoms with E-state index in [1.807, 2.05) is 0 Å². The number of hydrogen-bond acceptors (Lipinski definition) is 2. The summed E-state index contributed by atoms with van der Waals surface area (Å²) in [6.07, 6.45) is 8.91. The van der Waals surface area contributed by atoms with E-state index < -0.39 is 0 Å². The number of hydrogen-bond donors (Lipinski definition) is 0. The lowest BCUT2D eigenvalue weighted by molar-refractivity contribution is 0.143. The Bertz CT molecular complexity index is 280. The van der Waals surface area contributed by atoms with Crippen LogP contribution in [0.5, 0.6) is 0 Å². The molecule has 96 valence electrons. The molecule has 0 aromatic rings. The van der Waals surface area contributed by atoms with Crippen LogP contribution >= 0.6 is 0 Å². The third-order valence-electron chi connectivity index (χ3n) is 4.39. The Balaban J connectivity index is 1.93. The number of rotatable bonds is 6. The molecule has 17 heavy (non-hydrogen) atoms. The van der Waals surface area contributed by atoms with Crippen LogP contribution in [-0.4, -0.2) is 24.0 Å². The van der Waals surface area contributed by atoms with E-state index in [1.54, 1.807) is 0 Å². The predicted octanol–water partition coefficient (Wildman–Crippen LogP) is 3.58. The van der Waals surface area contributed by atoms with E-state index in [2.05, 4.69) is 24.8 Å². The summed E-state index contributed by atoms with van der Waals surface area (Å²) in [4.78, 5) is 2.71. The molecule has 0 atom stereocenters. The van der Waals surface area contributed by atoms with Gasteiger partial charge in [-0.25, -0.2) is 0 Å². The van der Waals surface area contributed by atoms with Gasteiger partial charge in [0, 0.05) is 25.6 Å². The van der Waals surface area contributed by atoms with Crippen LogP contribution in [0.2, 0.25) is 0 Å². The van der Waals surface area contributed by atoms with Crippen LogP contribution in [0, 0.1) is 22.7 Å². The zero-order valence-corrected chi connectivity index (χ0v) is 11.4. The van der Waals surface area contributed by atoms with Crippen molar-refractivity contribution in [2.24, 2.45) is 11.3 Å². The third-order valence-corrected chi connectivity index (χ3v) is 4.39. The first-order valence-corrected chi connectivity index (χ1v) is 7.26. The predicted molar refractivity (Wildman–Crippen MR) is 70.6 cm³/mol. The summed E-state index contributed by atoms with van der Waals surface area (Å²) in [6, 6.07) is 3.21. The lowest BCUT2D eigenvalue weighted by atomic mass is 10.00. The molecule has 0 N–H and O–H groups in total. The van der Waals surface area contributed by atoms with Crippen molar-refractivity contribution in [1.29, 1.82) is 5.26 Å². The minimum absolute atomic E-state index is 0.381. The molecule has 2 rings (SSSR count). The standard InChI is InChI=1S/C15H26N2/c1-13(2)11-17(14-5-3-4-6-14)12-15(7-8-15)9-10-16/h13-14H,3-9,11-12H2,1-2H3. The molecule has 2 heteroatoms. The Kier molecular flexibility index (Phi) is 4.09. The van der Waals surface area contributed by atoms with Crippen LogP contribution in [0.4, 0.5) is 0 Å². The van der Waals surface area contributed by atoms with Gasteiger partial charge in [-0.3, -0.25) is 4.90 Å². The number of nitriles is 1. The molecule has 2 saturated carbocycles. The Labute approximate surface area is 106 Å². The minimum Gasteiger partial charge on any atom is -0.300 e. The fraction of sp³-hybridized carbons (Fsp3) is 0.933. The van der Waals surface area contributed by atoms with Gasteiger partial charge in [-0.1, -0.05) is 26.7 Å². The highest BCUT2D eigenvalue weighted by atomic mass is 15.2. The SMILES string of the molecule is CC(C)CN(CC1(CC#N)CC1)C1CCCC1. The molecule has 2 nitrogen and oxygen atoms in total. The summed E-state index contributed by atoms with van der Waals surface area (Å²) in [6.45, 7) is 7.03. The van der Waals surface area contributed by atoms with Gasteiger partial charge in [0.05, 0.1) is 6.07 Å². The molecular formula is C15H26N2. The summed E-state index contributed by atoms with van der Waals surface area (Å²) in [5.41, 5.74) is 0.381. The van der Waals surface area contributed by atoms with Crippen LogP contribution < -0.4 is 0 Å². The van der Waals surface area contributed by atoms with Crippen molar-refractivity contribution >= 4 is 0 Å². The molecular weight excluding hydrogens is 208 g/mol. The molecule has 2 fully saturated rings. The van der Waals surface area contributed by atoms with Crippen molar-refractivity contribution in [2.75, 3.05) is 13.1 Å². The molecule has 0 unspecified atom stereocenters. The highest BCUT2D eigenvalue weighted by Gasteiger charge is 2.44. The van der Waals surface area contributed by atoms with Crippen LogP contribution in [0.3, 0.4) is 0 Å². The quantitative estimate of drug-likeness (QED) is 0.702. The molecule has 2 aliphatic carbocycles. The van der Waals surface area contributed by atoms with Gasteiger partial charge in [0.25, 0.3) is 0 Å². The van der Waals surface area contributed by atoms with Crippen molar-refractivity contribution in [1.82, 2.24) is 4.90 Å². The first kappa shape index (κ1) is 12.9. The topological polar surface area (TPSA) is 27.0 Å². The molecule has 0 bridgehead atoms. The maximum atomic E-state index is 8.93. The smallest absolute Gasteiger partial charge is 0.0628 e. The molecule has 0 spiro atoms. The fourth-order valence-electron chi connectivity index (χ4n) is 3.25. The summed E-state index contributed by atoms with van der Waals surface area (Å²) in [5.74, 6) is 0.744. The molecule has 0 amide bonds. The van der Waals surface area contributed by atoms with Gasteiger partial charge in [-0.15, -0.1) is 0 Å². The monoisotopic (exact) mass is 234 g/mol. The second-order valence-electron chi connectivity index (χ2n) is 6.60. The Morgan fingerprint density at radius 2 is 1.94 bits per heavy atom. The second-order valence-corrected chi connectivity index (χ2v) is 6.60. The zero-order chi connectivity index (χ0) is 12.3. The van der Waals surface area contributed by atoms with Gasteiger partial charge >= 0.3 is 0 Å². The van der Waals surface area contributed by atoms with Crippen LogP contribution in [0.1, 0.15) is 58.8 Å². The van der Waals surface area contributed by atoms with E-state index in [0.717, 1.165) is 18.4 Å². The first-order chi connectivity index (χ1) is 8.15. The fourth-order valence-corrected chi connectivity index (χ4v) is 3.25. The normalized spacial score (nSPS) is 23.2. The van der Waals surface area contributed by atoms with Gasteiger partial charge in [0.2, 0.25) is 0 Å². The van der Waals surface area contributed by atoms with E-state index in [9.17, 15) is 0 Å². The average Bonchev–Trinajstić information content (AvgIpc) is 2.82. The van der Waals surface area contributed by atoms with Gasteiger partial charge < -0.3 is 0 Å². The lowest BCUT2D eigenvalue weighted by Crippen LogP contribution is -2.40. The van der Waals surface area contributed by atoms with E-state index >= 15 is 0 Å². The maximum absolute atomic E-state index is 8.93. The maximum Gasteiger partial charge on any atom is 0.0628 e. The van der Waals surface area contributed by atoms with Crippen LogP contribution in [-0.2, 0) is 0 Å². The largest absolute Gasteiger partial charge is 0.300 e. The van der Waals surface area contributed by atoms with E-state index in [-0.39, 0.29) is 0 Å². The van der Waals surface area contributed by atoms with Crippen molar-refractivity contribution in [3.63, 3.8) is 0 Å². The zero-order valence-electron chi connectivity index (χ0n) is 11.4. The highest BCUT2D eigenvalue weighted by Crippen LogP contribution is 2.49. The molecule has 0 aromatic carbocycles. The molecule has 0 aromatic heterocycles. The number of nitrogens with zero attached hydrogens (tertiary/aromatic N) is 2. The van der Waals surface area contributed by atoms with Crippen molar-refractivity contribution in [3.8, 4) is 6.07 Å². The Morgan fingerprint density at radius 1 is 1.29 bits per heavy atom. The molecule has 0 aliphatic heterocycles. The molecule has 0 heterocycles. The summed E-state index contributed by atoms with van der Waals surface area (Å²) >= 11 is 0. The molecule has 0 radical (unpaired) electrons. The highest BCUT2D eigenvalue weighted by molar-refractivity contribution is 5.02. The Morgan fingerprint density at radius 3 is 2.41 bits per heavy atom. The summed E-state index contributed by atoms with van der Waals surface area (Å²) in [7, 11) is 0. The molecule has 0 saturated heterocycles. The third kappa shape index (κ3) is 3.45. The Hall–Kier alpha value is -0.550. The van der Waals surface area contributed by atoms with Gasteiger partial charge in [-0.05, 0) is 37.0 Å². The van der Waals surface area contributed by atoms with Crippen LogP contribution in [0.25, 0.3) is 0 Å². The van der Waals surface area contributed by atoms with Crippen molar-refractivity contribution < 1.29 is 0 Å². The van der Waals surface area contributed by atoms with Gasteiger partial charge in [-0.2, -0.15) is 5.26 Å². The van der Waals surface area contributed by atoms with E-state index in [0.29, 0.717) is 5.41 Å². The molecule has 2 aliphatic rings. The van der Waals surface area contributed by atoms with E-state index in [4.69, 9.17) is 5.26 Å². The van der Waals surface area contributed by atoms with E-state index in [1.165, 1.54) is 51.6 Å². The average molecular weight is 234 g/mol. The van der Waals surface area contributed by atoms with Gasteiger partial charge in [0.15, 0.2) is 0 Å². The lowest BCUT2D eigenvalue weighted by Gasteiger charge is -2.33. The first-order valence-electron chi connectivity index (χ1n) is 7.26. The van der Waals surface area contributed by atoms with Crippen molar-refractivity contribution in [2.45, 2.75) is 64.8 Å². The minimum atomic E-state index is 0.381. The summed E-state index contributed by atoms with van der Waals surface area (Å²) in [5, 5.41) is 8.93.